The standard InChI is InChI=1S/C22H21NO5S/c1-13-7-5-6-8-15(13)16(24)12-20-23(2)22(26)19(29-20)11-14-9-17(27-3)21(25)18(10-14)28-4/h5-12,25H,1-4H3/b19-11+,20-12-. The predicted molar refractivity (Wildman–Crippen MR) is 114 cm³/mol. The fourth-order valence-corrected chi connectivity index (χ4v) is 3.93. The Kier molecular flexibility index (Phi) is 5.89. The van der Waals surface area contributed by atoms with E-state index in [1.165, 1.54) is 36.2 Å². The van der Waals surface area contributed by atoms with E-state index in [2.05, 4.69) is 0 Å². The Morgan fingerprint density at radius 3 is 2.34 bits per heavy atom. The number of benzene rings is 2. The Morgan fingerprint density at radius 1 is 1.14 bits per heavy atom. The van der Waals surface area contributed by atoms with E-state index in [1.807, 2.05) is 25.1 Å². The molecule has 0 spiro atoms. The summed E-state index contributed by atoms with van der Waals surface area (Å²) in [6.07, 6.45) is 3.15. The monoisotopic (exact) mass is 411 g/mol. The van der Waals surface area contributed by atoms with Crippen LogP contribution in [0.15, 0.2) is 41.2 Å². The number of Topliss-reactive ketones (excluding diaryl/α,β-unsaturated/α-hetero) is 1. The van der Waals surface area contributed by atoms with Gasteiger partial charge in [-0.3, -0.25) is 9.59 Å². The van der Waals surface area contributed by atoms with E-state index in [1.54, 1.807) is 31.3 Å². The molecule has 3 rings (SSSR count). The molecule has 0 saturated heterocycles. The first kappa shape index (κ1) is 20.4. The molecular weight excluding hydrogens is 390 g/mol. The molecule has 0 aliphatic rings. The van der Waals surface area contributed by atoms with Crippen LogP contribution in [-0.2, 0) is 7.05 Å². The zero-order valence-corrected chi connectivity index (χ0v) is 17.4. The predicted octanol–water partition coefficient (Wildman–Crippen LogP) is 1.97. The second-order valence-corrected chi connectivity index (χ2v) is 7.47. The summed E-state index contributed by atoms with van der Waals surface area (Å²) in [6, 6.07) is 10.5. The molecule has 1 heterocycles. The first-order chi connectivity index (χ1) is 13.8. The summed E-state index contributed by atoms with van der Waals surface area (Å²) in [4.78, 5) is 25.3. The van der Waals surface area contributed by atoms with E-state index in [9.17, 15) is 14.7 Å². The first-order valence-corrected chi connectivity index (χ1v) is 9.61. The van der Waals surface area contributed by atoms with Crippen LogP contribution in [0.1, 0.15) is 21.5 Å². The van der Waals surface area contributed by atoms with Crippen LogP contribution in [0.25, 0.3) is 12.2 Å². The number of ketones is 1. The molecule has 150 valence electrons. The van der Waals surface area contributed by atoms with Crippen molar-refractivity contribution < 1.29 is 19.4 Å². The first-order valence-electron chi connectivity index (χ1n) is 8.80. The highest BCUT2D eigenvalue weighted by Crippen LogP contribution is 2.37. The quantitative estimate of drug-likeness (QED) is 0.650. The van der Waals surface area contributed by atoms with E-state index in [0.717, 1.165) is 5.56 Å². The third-order valence-electron chi connectivity index (χ3n) is 4.53. The number of phenolic OH excluding ortho intramolecular Hbond substituents is 1. The van der Waals surface area contributed by atoms with Crippen LogP contribution in [0.5, 0.6) is 17.2 Å². The Hall–Kier alpha value is -3.32. The molecule has 0 amide bonds. The van der Waals surface area contributed by atoms with E-state index in [-0.39, 0.29) is 28.6 Å². The molecule has 0 atom stereocenters. The highest BCUT2D eigenvalue weighted by molar-refractivity contribution is 7.07. The minimum Gasteiger partial charge on any atom is -0.502 e. The average Bonchev–Trinajstić information content (AvgIpc) is 2.97. The number of aromatic nitrogens is 1. The number of aryl methyl sites for hydroxylation is 1. The van der Waals surface area contributed by atoms with Crippen molar-refractivity contribution in [3.05, 3.63) is 72.6 Å². The molecule has 1 N–H and O–H groups in total. The molecule has 0 bridgehead atoms. The minimum atomic E-state index is -0.218. The Bertz CT molecular complexity index is 1230. The molecule has 0 aliphatic heterocycles. The maximum Gasteiger partial charge on any atom is 0.268 e. The van der Waals surface area contributed by atoms with Gasteiger partial charge in [-0.1, -0.05) is 24.3 Å². The molecule has 0 saturated carbocycles. The summed E-state index contributed by atoms with van der Waals surface area (Å²) in [6.45, 7) is 1.87. The van der Waals surface area contributed by atoms with Gasteiger partial charge in [-0.05, 0) is 36.3 Å². The van der Waals surface area contributed by atoms with Crippen LogP contribution in [0.3, 0.4) is 0 Å². The van der Waals surface area contributed by atoms with Crippen LogP contribution in [0.4, 0.5) is 0 Å². The number of carbonyl (C=O) groups excluding carboxylic acids is 1. The van der Waals surface area contributed by atoms with Crippen molar-refractivity contribution in [3.63, 3.8) is 0 Å². The number of ether oxygens (including phenoxy) is 2. The molecule has 6 nitrogen and oxygen atoms in total. The molecule has 0 fully saturated rings. The second-order valence-electron chi connectivity index (χ2n) is 6.41. The van der Waals surface area contributed by atoms with Crippen molar-refractivity contribution in [2.75, 3.05) is 14.2 Å². The van der Waals surface area contributed by atoms with Gasteiger partial charge < -0.3 is 19.1 Å². The third kappa shape index (κ3) is 4.09. The summed E-state index contributed by atoms with van der Waals surface area (Å²) < 4.78 is 12.8. The smallest absolute Gasteiger partial charge is 0.268 e. The van der Waals surface area contributed by atoms with E-state index >= 15 is 0 Å². The topological polar surface area (TPSA) is 77.8 Å². The fraction of sp³-hybridized carbons (Fsp3) is 0.182. The van der Waals surface area contributed by atoms with Crippen molar-refractivity contribution in [3.8, 4) is 17.2 Å². The van der Waals surface area contributed by atoms with Gasteiger partial charge in [0.25, 0.3) is 5.56 Å². The van der Waals surface area contributed by atoms with Crippen molar-refractivity contribution in [2.45, 2.75) is 6.92 Å². The number of phenols is 1. The molecule has 0 radical (unpaired) electrons. The normalized spacial score (nSPS) is 12.3. The van der Waals surface area contributed by atoms with Crippen molar-refractivity contribution >= 4 is 29.3 Å². The SMILES string of the molecule is COc1cc(/C=c2/s/c(=C\C(=O)c3ccccc3C)n(C)c2=O)cc(OC)c1O. The highest BCUT2D eigenvalue weighted by atomic mass is 32.1. The number of carbonyl (C=O) groups is 1. The summed E-state index contributed by atoms with van der Waals surface area (Å²) in [5, 5.41) is 10.0. The van der Waals surface area contributed by atoms with Crippen LogP contribution < -0.4 is 24.2 Å². The Balaban J connectivity index is 2.12. The van der Waals surface area contributed by atoms with Gasteiger partial charge in [0, 0.05) is 18.7 Å². The number of aromatic hydroxyl groups is 1. The number of methoxy groups -OCH3 is 2. The summed E-state index contributed by atoms with van der Waals surface area (Å²) >= 11 is 1.22. The van der Waals surface area contributed by atoms with Gasteiger partial charge in [-0.25, -0.2) is 0 Å². The van der Waals surface area contributed by atoms with Crippen molar-refractivity contribution in [1.29, 1.82) is 0 Å². The lowest BCUT2D eigenvalue weighted by atomic mass is 10.1. The van der Waals surface area contributed by atoms with Gasteiger partial charge in [-0.15, -0.1) is 11.3 Å². The van der Waals surface area contributed by atoms with Crippen LogP contribution in [0.2, 0.25) is 0 Å². The molecular formula is C22H21NO5S. The molecule has 0 unspecified atom stereocenters. The van der Waals surface area contributed by atoms with Gasteiger partial charge in [0.15, 0.2) is 17.3 Å². The summed E-state index contributed by atoms with van der Waals surface area (Å²) in [5.74, 6) is 0.222. The van der Waals surface area contributed by atoms with E-state index in [4.69, 9.17) is 9.47 Å². The van der Waals surface area contributed by atoms with Crippen LogP contribution in [-0.4, -0.2) is 29.7 Å². The number of hydrogen-bond acceptors (Lipinski definition) is 6. The number of nitrogens with zero attached hydrogens (tertiary/aromatic N) is 1. The Morgan fingerprint density at radius 2 is 1.76 bits per heavy atom. The molecule has 2 aromatic carbocycles. The fourth-order valence-electron chi connectivity index (χ4n) is 2.90. The number of thiazole rings is 1. The highest BCUT2D eigenvalue weighted by Gasteiger charge is 2.11. The van der Waals surface area contributed by atoms with E-state index in [0.29, 0.717) is 20.3 Å². The van der Waals surface area contributed by atoms with Gasteiger partial charge in [0.2, 0.25) is 5.75 Å². The molecule has 7 heteroatoms. The minimum absolute atomic E-state index is 0.107. The largest absolute Gasteiger partial charge is 0.502 e. The van der Waals surface area contributed by atoms with Gasteiger partial charge in [0.05, 0.1) is 18.8 Å². The maximum atomic E-state index is 12.7. The van der Waals surface area contributed by atoms with Crippen molar-refractivity contribution in [1.82, 2.24) is 4.57 Å². The molecule has 29 heavy (non-hydrogen) atoms. The number of rotatable bonds is 5. The molecule has 3 aromatic rings. The van der Waals surface area contributed by atoms with Crippen LogP contribution in [0, 0.1) is 6.92 Å². The average molecular weight is 411 g/mol. The van der Waals surface area contributed by atoms with E-state index < -0.39 is 0 Å². The van der Waals surface area contributed by atoms with Gasteiger partial charge in [-0.2, -0.15) is 0 Å². The summed E-state index contributed by atoms with van der Waals surface area (Å²) in [7, 11) is 4.50. The van der Waals surface area contributed by atoms with Crippen molar-refractivity contribution in [2.24, 2.45) is 7.05 Å². The zero-order valence-electron chi connectivity index (χ0n) is 16.6. The zero-order chi connectivity index (χ0) is 21.1. The Labute approximate surface area is 171 Å². The van der Waals surface area contributed by atoms with Gasteiger partial charge >= 0.3 is 0 Å². The lowest BCUT2D eigenvalue weighted by molar-refractivity contribution is 0.106. The lowest BCUT2D eigenvalue weighted by Crippen LogP contribution is -2.29. The molecule has 0 aliphatic carbocycles. The second kappa shape index (κ2) is 8.36. The maximum absolute atomic E-state index is 12.7. The third-order valence-corrected chi connectivity index (χ3v) is 5.64. The number of hydrogen-bond donors (Lipinski definition) is 1. The van der Waals surface area contributed by atoms with Crippen LogP contribution >= 0.6 is 11.3 Å². The summed E-state index contributed by atoms with van der Waals surface area (Å²) in [5.41, 5.74) is 1.90. The van der Waals surface area contributed by atoms with Gasteiger partial charge in [0.1, 0.15) is 4.66 Å². The lowest BCUT2D eigenvalue weighted by Gasteiger charge is -2.09. The molecule has 1 aromatic heterocycles.